The minimum atomic E-state index is -0.318. The van der Waals surface area contributed by atoms with Crippen LogP contribution in [0.1, 0.15) is 20.9 Å². The Hall–Kier alpha value is -2.57. The molecule has 0 atom stereocenters. The molecule has 3 aromatic rings. The number of aromatic nitrogens is 1. The predicted octanol–water partition coefficient (Wildman–Crippen LogP) is 3.83. The number of rotatable bonds is 5. The van der Waals surface area contributed by atoms with E-state index >= 15 is 0 Å². The Labute approximate surface area is 142 Å². The van der Waals surface area contributed by atoms with E-state index in [1.54, 1.807) is 30.3 Å². The third kappa shape index (κ3) is 3.67. The lowest BCUT2D eigenvalue weighted by Crippen LogP contribution is -2.21. The molecule has 1 N–H and O–H groups in total. The number of halogens is 1. The molecule has 1 amide bonds. The van der Waals surface area contributed by atoms with E-state index in [0.717, 1.165) is 16.3 Å². The van der Waals surface area contributed by atoms with Crippen LogP contribution in [0.15, 0.2) is 53.9 Å². The third-order valence-corrected chi connectivity index (χ3v) is 4.32. The molecule has 0 bridgehead atoms. The standard InChI is InChI=1S/C18H15FN2O2S/c1-23-21-18(22)14-7-4-6-13(9-14)16-11-24-17(20-16)10-12-5-2-3-8-15(12)19/h2-9,11H,10H2,1H3,(H,21,22). The second-order valence-corrected chi connectivity index (χ2v) is 6.05. The largest absolute Gasteiger partial charge is 0.277 e. The maximum atomic E-state index is 13.7. The summed E-state index contributed by atoms with van der Waals surface area (Å²) in [6.07, 6.45) is 0.446. The number of amides is 1. The van der Waals surface area contributed by atoms with Crippen LogP contribution in [0.25, 0.3) is 11.3 Å². The summed E-state index contributed by atoms with van der Waals surface area (Å²) in [7, 11) is 1.39. The molecule has 0 fully saturated rings. The first-order valence-electron chi connectivity index (χ1n) is 7.29. The molecular formula is C18H15FN2O2S. The van der Waals surface area contributed by atoms with Gasteiger partial charge in [0, 0.05) is 22.9 Å². The van der Waals surface area contributed by atoms with Crippen LogP contribution in [-0.2, 0) is 11.3 Å². The number of hydrogen-bond acceptors (Lipinski definition) is 4. The Morgan fingerprint density at radius 3 is 2.88 bits per heavy atom. The quantitative estimate of drug-likeness (QED) is 0.717. The van der Waals surface area contributed by atoms with Crippen molar-refractivity contribution in [2.24, 2.45) is 0 Å². The van der Waals surface area contributed by atoms with Crippen LogP contribution in [0.4, 0.5) is 4.39 Å². The molecule has 0 aliphatic heterocycles. The number of benzene rings is 2. The number of thiazole rings is 1. The maximum absolute atomic E-state index is 13.7. The molecule has 3 rings (SSSR count). The van der Waals surface area contributed by atoms with Crippen molar-refractivity contribution in [3.8, 4) is 11.3 Å². The average Bonchev–Trinajstić information content (AvgIpc) is 3.06. The molecule has 1 heterocycles. The van der Waals surface area contributed by atoms with Gasteiger partial charge in [-0.3, -0.25) is 9.63 Å². The predicted molar refractivity (Wildman–Crippen MR) is 91.2 cm³/mol. The van der Waals surface area contributed by atoms with Crippen molar-refractivity contribution < 1.29 is 14.0 Å². The minimum absolute atomic E-state index is 0.229. The van der Waals surface area contributed by atoms with Gasteiger partial charge in [-0.2, -0.15) is 0 Å². The van der Waals surface area contributed by atoms with Gasteiger partial charge in [-0.25, -0.2) is 14.9 Å². The molecule has 6 heteroatoms. The lowest BCUT2D eigenvalue weighted by atomic mass is 10.1. The Morgan fingerprint density at radius 1 is 1.25 bits per heavy atom. The molecule has 0 aliphatic rings. The second kappa shape index (κ2) is 7.33. The van der Waals surface area contributed by atoms with Crippen LogP contribution >= 0.6 is 11.3 Å². The molecule has 24 heavy (non-hydrogen) atoms. The Balaban J connectivity index is 1.82. The fourth-order valence-electron chi connectivity index (χ4n) is 2.30. The third-order valence-electron chi connectivity index (χ3n) is 3.47. The van der Waals surface area contributed by atoms with Crippen LogP contribution in [0.3, 0.4) is 0 Å². The zero-order valence-corrected chi connectivity index (χ0v) is 13.8. The van der Waals surface area contributed by atoms with Crippen molar-refractivity contribution in [1.82, 2.24) is 10.5 Å². The van der Waals surface area contributed by atoms with E-state index in [9.17, 15) is 9.18 Å². The van der Waals surface area contributed by atoms with Gasteiger partial charge in [-0.05, 0) is 23.8 Å². The number of hydroxylamine groups is 1. The summed E-state index contributed by atoms with van der Waals surface area (Å²) >= 11 is 1.47. The summed E-state index contributed by atoms with van der Waals surface area (Å²) < 4.78 is 13.7. The normalized spacial score (nSPS) is 10.6. The van der Waals surface area contributed by atoms with Crippen molar-refractivity contribution >= 4 is 17.2 Å². The summed E-state index contributed by atoms with van der Waals surface area (Å²) in [5, 5.41) is 2.73. The highest BCUT2D eigenvalue weighted by Crippen LogP contribution is 2.25. The molecule has 0 aliphatic carbocycles. The Morgan fingerprint density at radius 2 is 2.08 bits per heavy atom. The van der Waals surface area contributed by atoms with E-state index in [4.69, 9.17) is 0 Å². The van der Waals surface area contributed by atoms with Gasteiger partial charge in [-0.1, -0.05) is 30.3 Å². The maximum Gasteiger partial charge on any atom is 0.274 e. The first-order chi connectivity index (χ1) is 11.7. The van der Waals surface area contributed by atoms with Crippen molar-refractivity contribution in [2.75, 3.05) is 7.11 Å². The van der Waals surface area contributed by atoms with Gasteiger partial charge in [0.1, 0.15) is 5.82 Å². The summed E-state index contributed by atoms with van der Waals surface area (Å²) in [6.45, 7) is 0. The van der Waals surface area contributed by atoms with E-state index in [0.29, 0.717) is 17.5 Å². The highest BCUT2D eigenvalue weighted by atomic mass is 32.1. The number of hydrogen-bond donors (Lipinski definition) is 1. The van der Waals surface area contributed by atoms with Crippen LogP contribution in [-0.4, -0.2) is 18.0 Å². The van der Waals surface area contributed by atoms with Gasteiger partial charge in [0.05, 0.1) is 17.8 Å². The summed E-state index contributed by atoms with van der Waals surface area (Å²) in [6, 6.07) is 13.8. The van der Waals surface area contributed by atoms with E-state index in [1.807, 2.05) is 17.5 Å². The topological polar surface area (TPSA) is 51.2 Å². The fourth-order valence-corrected chi connectivity index (χ4v) is 3.13. The smallest absolute Gasteiger partial charge is 0.274 e. The summed E-state index contributed by atoms with van der Waals surface area (Å²) in [5.74, 6) is -0.548. The first kappa shape index (κ1) is 16.3. The molecule has 4 nitrogen and oxygen atoms in total. The van der Waals surface area contributed by atoms with Crippen LogP contribution < -0.4 is 5.48 Å². The van der Waals surface area contributed by atoms with Gasteiger partial charge < -0.3 is 0 Å². The molecule has 122 valence electrons. The molecule has 2 aromatic carbocycles. The van der Waals surface area contributed by atoms with E-state index in [1.165, 1.54) is 24.5 Å². The summed E-state index contributed by atoms with van der Waals surface area (Å²) in [4.78, 5) is 21.0. The van der Waals surface area contributed by atoms with Crippen molar-refractivity contribution in [3.63, 3.8) is 0 Å². The lowest BCUT2D eigenvalue weighted by molar-refractivity contribution is 0.0537. The monoisotopic (exact) mass is 342 g/mol. The Kier molecular flexibility index (Phi) is 4.98. The fraction of sp³-hybridized carbons (Fsp3) is 0.111. The van der Waals surface area contributed by atoms with Gasteiger partial charge in [0.25, 0.3) is 5.91 Å². The molecule has 0 radical (unpaired) electrons. The van der Waals surface area contributed by atoms with Gasteiger partial charge in [0.2, 0.25) is 0 Å². The second-order valence-electron chi connectivity index (χ2n) is 5.11. The lowest BCUT2D eigenvalue weighted by Gasteiger charge is -2.03. The minimum Gasteiger partial charge on any atom is -0.277 e. The van der Waals surface area contributed by atoms with Gasteiger partial charge in [0.15, 0.2) is 0 Å². The van der Waals surface area contributed by atoms with E-state index < -0.39 is 0 Å². The molecule has 0 saturated heterocycles. The SMILES string of the molecule is CONC(=O)c1cccc(-c2csc(Cc3ccccc3F)n2)c1. The molecule has 0 saturated carbocycles. The highest BCUT2D eigenvalue weighted by Gasteiger charge is 2.10. The number of nitrogens with one attached hydrogen (secondary N) is 1. The number of carbonyl (C=O) groups excluding carboxylic acids is 1. The first-order valence-corrected chi connectivity index (χ1v) is 8.17. The van der Waals surface area contributed by atoms with Crippen molar-refractivity contribution in [1.29, 1.82) is 0 Å². The van der Waals surface area contributed by atoms with Crippen LogP contribution in [0, 0.1) is 5.82 Å². The highest BCUT2D eigenvalue weighted by molar-refractivity contribution is 7.10. The van der Waals surface area contributed by atoms with Crippen LogP contribution in [0.2, 0.25) is 0 Å². The van der Waals surface area contributed by atoms with E-state index in [2.05, 4.69) is 15.3 Å². The van der Waals surface area contributed by atoms with Crippen molar-refractivity contribution in [2.45, 2.75) is 6.42 Å². The molecule has 0 unspecified atom stereocenters. The van der Waals surface area contributed by atoms with Gasteiger partial charge >= 0.3 is 0 Å². The van der Waals surface area contributed by atoms with Crippen LogP contribution in [0.5, 0.6) is 0 Å². The number of carbonyl (C=O) groups is 1. The average molecular weight is 342 g/mol. The van der Waals surface area contributed by atoms with Gasteiger partial charge in [-0.15, -0.1) is 11.3 Å². The zero-order valence-electron chi connectivity index (χ0n) is 13.0. The van der Waals surface area contributed by atoms with E-state index in [-0.39, 0.29) is 11.7 Å². The summed E-state index contributed by atoms with van der Waals surface area (Å²) in [5.41, 5.74) is 4.98. The van der Waals surface area contributed by atoms with Crippen molar-refractivity contribution in [3.05, 3.63) is 75.9 Å². The molecular weight excluding hydrogens is 327 g/mol. The zero-order chi connectivity index (χ0) is 16.9. The number of nitrogens with zero attached hydrogens (tertiary/aromatic N) is 1. The Bertz CT molecular complexity index is 863. The molecule has 1 aromatic heterocycles. The molecule has 0 spiro atoms.